The molecule has 0 aromatic carbocycles. The summed E-state index contributed by atoms with van der Waals surface area (Å²) < 4.78 is 5.34. The van der Waals surface area contributed by atoms with Crippen molar-refractivity contribution in [2.75, 3.05) is 32.8 Å². The van der Waals surface area contributed by atoms with E-state index in [1.54, 1.807) is 0 Å². The van der Waals surface area contributed by atoms with E-state index in [1.165, 1.54) is 11.3 Å². The molecule has 0 bridgehead atoms. The van der Waals surface area contributed by atoms with E-state index in [0.29, 0.717) is 5.92 Å². The molecule has 1 fully saturated rings. The predicted molar refractivity (Wildman–Crippen MR) is 69.3 cm³/mol. The molecular weight excluding hydrogens is 212 g/mol. The lowest BCUT2D eigenvalue weighted by molar-refractivity contribution is 0.0384. The maximum absolute atomic E-state index is 5.34. The number of hydrogen-bond acceptors (Lipinski definition) is 3. The Bertz CT molecular complexity index is 329. The van der Waals surface area contributed by atoms with Crippen LogP contribution in [0.2, 0.25) is 0 Å². The number of hydrogen-bond donors (Lipinski definition) is 0. The van der Waals surface area contributed by atoms with Crippen LogP contribution < -0.4 is 0 Å². The van der Waals surface area contributed by atoms with Crippen LogP contribution in [0.15, 0.2) is 18.3 Å². The first-order chi connectivity index (χ1) is 8.25. The molecule has 1 aliphatic heterocycles. The van der Waals surface area contributed by atoms with Gasteiger partial charge in [-0.3, -0.25) is 9.88 Å². The topological polar surface area (TPSA) is 25.4 Å². The van der Waals surface area contributed by atoms with Gasteiger partial charge in [0.25, 0.3) is 0 Å². The van der Waals surface area contributed by atoms with Gasteiger partial charge in [-0.25, -0.2) is 0 Å². The molecule has 1 aliphatic rings. The average Bonchev–Trinajstić information content (AvgIpc) is 2.38. The van der Waals surface area contributed by atoms with Gasteiger partial charge < -0.3 is 4.74 Å². The van der Waals surface area contributed by atoms with Crippen LogP contribution in [-0.2, 0) is 11.2 Å². The Hall–Kier alpha value is -0.930. The molecule has 0 spiro atoms. The van der Waals surface area contributed by atoms with E-state index in [4.69, 9.17) is 4.74 Å². The van der Waals surface area contributed by atoms with Crippen molar-refractivity contribution in [3.63, 3.8) is 0 Å². The Morgan fingerprint density at radius 3 is 2.65 bits per heavy atom. The van der Waals surface area contributed by atoms with Crippen LogP contribution >= 0.6 is 0 Å². The summed E-state index contributed by atoms with van der Waals surface area (Å²) in [7, 11) is 0. The normalized spacial score (nSPS) is 17.6. The second-order valence-electron chi connectivity index (χ2n) is 4.95. The lowest BCUT2D eigenvalue weighted by Crippen LogP contribution is -2.37. The number of aromatic nitrogens is 1. The molecule has 0 atom stereocenters. The van der Waals surface area contributed by atoms with Gasteiger partial charge in [-0.2, -0.15) is 0 Å². The fourth-order valence-electron chi connectivity index (χ4n) is 2.04. The van der Waals surface area contributed by atoms with Gasteiger partial charge in [0, 0.05) is 31.5 Å². The Morgan fingerprint density at radius 1 is 1.29 bits per heavy atom. The molecule has 1 saturated heterocycles. The van der Waals surface area contributed by atoms with Gasteiger partial charge in [0.05, 0.1) is 13.2 Å². The summed E-state index contributed by atoms with van der Waals surface area (Å²) in [6.07, 6.45) is 3.11. The summed E-state index contributed by atoms with van der Waals surface area (Å²) >= 11 is 0. The van der Waals surface area contributed by atoms with Gasteiger partial charge in [0.1, 0.15) is 0 Å². The Kier molecular flexibility index (Phi) is 4.51. The molecule has 94 valence electrons. The average molecular weight is 234 g/mol. The highest BCUT2D eigenvalue weighted by molar-refractivity contribution is 5.16. The van der Waals surface area contributed by atoms with Crippen LogP contribution in [0.1, 0.15) is 31.0 Å². The molecule has 3 heteroatoms. The number of ether oxygens (including phenoxy) is 1. The zero-order valence-corrected chi connectivity index (χ0v) is 10.9. The first-order valence-electron chi connectivity index (χ1n) is 6.50. The molecule has 2 rings (SSSR count). The molecule has 17 heavy (non-hydrogen) atoms. The van der Waals surface area contributed by atoms with Crippen molar-refractivity contribution < 1.29 is 4.74 Å². The van der Waals surface area contributed by atoms with Crippen LogP contribution in [-0.4, -0.2) is 42.7 Å². The van der Waals surface area contributed by atoms with Gasteiger partial charge in [-0.1, -0.05) is 19.9 Å². The molecule has 0 saturated carbocycles. The van der Waals surface area contributed by atoms with E-state index in [-0.39, 0.29) is 0 Å². The lowest BCUT2D eigenvalue weighted by Gasteiger charge is -2.26. The molecule has 0 N–H and O–H groups in total. The van der Waals surface area contributed by atoms with E-state index in [0.717, 1.165) is 39.3 Å². The number of rotatable bonds is 4. The third kappa shape index (κ3) is 3.79. The molecule has 1 aromatic heterocycles. The van der Waals surface area contributed by atoms with Crippen molar-refractivity contribution in [1.82, 2.24) is 9.88 Å². The molecule has 1 aromatic rings. The van der Waals surface area contributed by atoms with Crippen molar-refractivity contribution in [2.24, 2.45) is 0 Å². The monoisotopic (exact) mass is 234 g/mol. The molecule has 0 unspecified atom stereocenters. The summed E-state index contributed by atoms with van der Waals surface area (Å²) in [6, 6.07) is 4.36. The highest BCUT2D eigenvalue weighted by atomic mass is 16.5. The summed E-state index contributed by atoms with van der Waals surface area (Å²) in [5, 5.41) is 0. The minimum absolute atomic E-state index is 0.517. The van der Waals surface area contributed by atoms with Gasteiger partial charge in [-0.05, 0) is 24.0 Å². The van der Waals surface area contributed by atoms with Crippen LogP contribution in [0.5, 0.6) is 0 Å². The van der Waals surface area contributed by atoms with Crippen molar-refractivity contribution in [2.45, 2.75) is 26.2 Å². The quantitative estimate of drug-likeness (QED) is 0.797. The van der Waals surface area contributed by atoms with Crippen LogP contribution in [0.25, 0.3) is 0 Å². The Balaban J connectivity index is 1.82. The van der Waals surface area contributed by atoms with E-state index in [2.05, 4.69) is 35.9 Å². The first-order valence-corrected chi connectivity index (χ1v) is 6.50. The highest BCUT2D eigenvalue weighted by Gasteiger charge is 2.09. The second kappa shape index (κ2) is 6.12. The fraction of sp³-hybridized carbons (Fsp3) is 0.643. The van der Waals surface area contributed by atoms with Gasteiger partial charge in [-0.15, -0.1) is 0 Å². The minimum Gasteiger partial charge on any atom is -0.379 e. The smallest absolute Gasteiger partial charge is 0.0594 e. The molecule has 2 heterocycles. The molecule has 0 amide bonds. The lowest BCUT2D eigenvalue weighted by atomic mass is 10.1. The van der Waals surface area contributed by atoms with Crippen molar-refractivity contribution in [3.8, 4) is 0 Å². The maximum Gasteiger partial charge on any atom is 0.0594 e. The maximum atomic E-state index is 5.34. The van der Waals surface area contributed by atoms with Crippen molar-refractivity contribution in [3.05, 3.63) is 29.6 Å². The third-order valence-corrected chi connectivity index (χ3v) is 3.26. The van der Waals surface area contributed by atoms with Gasteiger partial charge in [0.2, 0.25) is 0 Å². The SMILES string of the molecule is CC(C)c1ccc(CCN2CCOCC2)cn1. The van der Waals surface area contributed by atoms with E-state index in [1.807, 2.05) is 6.20 Å². The zero-order valence-electron chi connectivity index (χ0n) is 10.9. The molecule has 0 radical (unpaired) electrons. The van der Waals surface area contributed by atoms with Crippen LogP contribution in [0, 0.1) is 0 Å². The molecule has 0 aliphatic carbocycles. The predicted octanol–water partition coefficient (Wildman–Crippen LogP) is 2.08. The van der Waals surface area contributed by atoms with E-state index >= 15 is 0 Å². The van der Waals surface area contributed by atoms with Crippen LogP contribution in [0.3, 0.4) is 0 Å². The zero-order chi connectivity index (χ0) is 12.1. The minimum atomic E-state index is 0.517. The molecule has 3 nitrogen and oxygen atoms in total. The number of pyridine rings is 1. The Morgan fingerprint density at radius 2 is 2.06 bits per heavy atom. The summed E-state index contributed by atoms with van der Waals surface area (Å²) in [5.74, 6) is 0.517. The van der Waals surface area contributed by atoms with E-state index in [9.17, 15) is 0 Å². The second-order valence-corrected chi connectivity index (χ2v) is 4.95. The Labute approximate surface area is 104 Å². The van der Waals surface area contributed by atoms with Crippen molar-refractivity contribution in [1.29, 1.82) is 0 Å². The largest absolute Gasteiger partial charge is 0.379 e. The summed E-state index contributed by atoms with van der Waals surface area (Å²) in [6.45, 7) is 9.36. The highest BCUT2D eigenvalue weighted by Crippen LogP contribution is 2.11. The summed E-state index contributed by atoms with van der Waals surface area (Å²) in [4.78, 5) is 6.96. The molecular formula is C14H22N2O. The fourth-order valence-corrected chi connectivity index (χ4v) is 2.04. The van der Waals surface area contributed by atoms with Gasteiger partial charge in [0.15, 0.2) is 0 Å². The van der Waals surface area contributed by atoms with Crippen molar-refractivity contribution >= 4 is 0 Å². The number of morpholine rings is 1. The standard InChI is InChI=1S/C14H22N2O/c1-12(2)14-4-3-13(11-15-14)5-6-16-7-9-17-10-8-16/h3-4,11-12H,5-10H2,1-2H3. The summed E-state index contributed by atoms with van der Waals surface area (Å²) in [5.41, 5.74) is 2.51. The van der Waals surface area contributed by atoms with Crippen LogP contribution in [0.4, 0.5) is 0 Å². The van der Waals surface area contributed by atoms with Gasteiger partial charge >= 0.3 is 0 Å². The third-order valence-electron chi connectivity index (χ3n) is 3.26. The first kappa shape index (κ1) is 12.5. The number of nitrogens with zero attached hydrogens (tertiary/aromatic N) is 2. The van der Waals surface area contributed by atoms with E-state index < -0.39 is 0 Å².